The van der Waals surface area contributed by atoms with Gasteiger partial charge in [0.05, 0.1) is 16.6 Å². The van der Waals surface area contributed by atoms with E-state index in [4.69, 9.17) is 41.4 Å². The highest BCUT2D eigenvalue weighted by Crippen LogP contribution is 2.24. The Kier molecular flexibility index (Phi) is 9.80. The standard InChI is InChI=1S/C32H26Cl3N7O/c1-36-25-10-7-21(8-11-25)19-37-31(43)28(17-22-9-12-26(34)27(35)16-22)39-29-18-30(42-13-2-3-14-42)41-32(40-29)38-20-23-5-4-6-24(33)15-23/h2-16,18,28H,17,19-20H2,(H,37,43)(H2,38,39,40,41). The number of hydrogen-bond donors (Lipinski definition) is 3. The number of amides is 1. The molecule has 43 heavy (non-hydrogen) atoms. The Labute approximate surface area is 264 Å². The van der Waals surface area contributed by atoms with Crippen LogP contribution < -0.4 is 16.0 Å². The van der Waals surface area contributed by atoms with Crippen molar-refractivity contribution in [2.24, 2.45) is 0 Å². The molecule has 0 bridgehead atoms. The summed E-state index contributed by atoms with van der Waals surface area (Å²) in [5, 5.41) is 11.1. The quantitative estimate of drug-likeness (QED) is 0.130. The lowest BCUT2D eigenvalue weighted by Crippen LogP contribution is -2.41. The van der Waals surface area contributed by atoms with E-state index in [1.54, 1.807) is 30.3 Å². The second-order valence-electron chi connectivity index (χ2n) is 9.65. The first-order valence-electron chi connectivity index (χ1n) is 13.3. The van der Waals surface area contributed by atoms with Crippen molar-refractivity contribution in [1.29, 1.82) is 0 Å². The second-order valence-corrected chi connectivity index (χ2v) is 10.9. The predicted molar refractivity (Wildman–Crippen MR) is 172 cm³/mol. The molecule has 8 nitrogen and oxygen atoms in total. The first-order valence-corrected chi connectivity index (χ1v) is 14.4. The average molecular weight is 631 g/mol. The zero-order valence-electron chi connectivity index (χ0n) is 22.8. The van der Waals surface area contributed by atoms with Crippen LogP contribution in [0.15, 0.2) is 97.3 Å². The fourth-order valence-electron chi connectivity index (χ4n) is 4.33. The lowest BCUT2D eigenvalue weighted by molar-refractivity contribution is -0.122. The van der Waals surface area contributed by atoms with Crippen LogP contribution in [0, 0.1) is 6.57 Å². The zero-order chi connectivity index (χ0) is 30.2. The van der Waals surface area contributed by atoms with Gasteiger partial charge in [0.25, 0.3) is 0 Å². The third kappa shape index (κ3) is 8.27. The van der Waals surface area contributed by atoms with E-state index in [0.717, 1.165) is 16.7 Å². The molecule has 1 amide bonds. The predicted octanol–water partition coefficient (Wildman–Crippen LogP) is 7.73. The van der Waals surface area contributed by atoms with Crippen molar-refractivity contribution in [3.05, 3.63) is 140 Å². The third-order valence-corrected chi connectivity index (χ3v) is 7.49. The molecule has 11 heteroatoms. The Morgan fingerprint density at radius 1 is 0.837 bits per heavy atom. The Bertz CT molecular complexity index is 1750. The SMILES string of the molecule is [C-]#[N+]c1ccc(CNC(=O)C(Cc2ccc(Cl)c(Cl)c2)Nc2cc(-n3cccc3)nc(NCc3cccc(Cl)c3)n2)cc1. The van der Waals surface area contributed by atoms with E-state index in [9.17, 15) is 4.79 Å². The zero-order valence-corrected chi connectivity index (χ0v) is 25.0. The van der Waals surface area contributed by atoms with Gasteiger partial charge in [-0.3, -0.25) is 4.79 Å². The number of rotatable bonds is 11. The number of anilines is 2. The molecule has 0 saturated heterocycles. The van der Waals surface area contributed by atoms with Crippen LogP contribution in [-0.2, 0) is 24.3 Å². The van der Waals surface area contributed by atoms with E-state index in [2.05, 4.69) is 30.8 Å². The summed E-state index contributed by atoms with van der Waals surface area (Å²) >= 11 is 18.6. The topological polar surface area (TPSA) is 88.2 Å². The average Bonchev–Trinajstić information content (AvgIpc) is 3.56. The Balaban J connectivity index is 1.41. The van der Waals surface area contributed by atoms with E-state index in [1.165, 1.54) is 0 Å². The van der Waals surface area contributed by atoms with Crippen molar-refractivity contribution in [1.82, 2.24) is 19.9 Å². The van der Waals surface area contributed by atoms with Gasteiger partial charge in [0, 0.05) is 43.0 Å². The van der Waals surface area contributed by atoms with E-state index in [1.807, 2.05) is 71.6 Å². The van der Waals surface area contributed by atoms with Gasteiger partial charge in [-0.25, -0.2) is 4.85 Å². The Hall–Kier alpha value is -4.55. The number of aromatic nitrogens is 3. The third-order valence-electron chi connectivity index (χ3n) is 6.52. The molecule has 0 aliphatic carbocycles. The largest absolute Gasteiger partial charge is 0.358 e. The minimum Gasteiger partial charge on any atom is -0.358 e. The molecule has 3 aromatic carbocycles. The van der Waals surface area contributed by atoms with Crippen molar-refractivity contribution in [3.8, 4) is 5.82 Å². The van der Waals surface area contributed by atoms with Gasteiger partial charge < -0.3 is 20.5 Å². The number of benzene rings is 3. The maximum absolute atomic E-state index is 13.6. The summed E-state index contributed by atoms with van der Waals surface area (Å²) in [5.74, 6) is 1.20. The monoisotopic (exact) mass is 629 g/mol. The van der Waals surface area contributed by atoms with Crippen LogP contribution in [0.2, 0.25) is 15.1 Å². The van der Waals surface area contributed by atoms with Gasteiger partial charge in [0.1, 0.15) is 17.7 Å². The second kappa shape index (κ2) is 14.1. The molecule has 0 saturated carbocycles. The summed E-state index contributed by atoms with van der Waals surface area (Å²) in [4.78, 5) is 26.4. The van der Waals surface area contributed by atoms with Crippen molar-refractivity contribution in [3.63, 3.8) is 0 Å². The fraction of sp³-hybridized carbons (Fsp3) is 0.125. The van der Waals surface area contributed by atoms with Gasteiger partial charge in [-0.1, -0.05) is 77.3 Å². The highest BCUT2D eigenvalue weighted by atomic mass is 35.5. The first-order chi connectivity index (χ1) is 20.9. The van der Waals surface area contributed by atoms with Crippen molar-refractivity contribution in [2.45, 2.75) is 25.6 Å². The van der Waals surface area contributed by atoms with Gasteiger partial charge in [-0.15, -0.1) is 0 Å². The molecule has 0 spiro atoms. The number of nitrogens with one attached hydrogen (secondary N) is 3. The molecule has 0 radical (unpaired) electrons. The summed E-state index contributed by atoms with van der Waals surface area (Å²) in [6, 6.07) is 24.8. The van der Waals surface area contributed by atoms with Gasteiger partial charge in [0.2, 0.25) is 11.9 Å². The molecular weight excluding hydrogens is 605 g/mol. The lowest BCUT2D eigenvalue weighted by Gasteiger charge is -2.20. The van der Waals surface area contributed by atoms with Gasteiger partial charge in [0.15, 0.2) is 5.69 Å². The van der Waals surface area contributed by atoms with Crippen molar-refractivity contribution in [2.75, 3.05) is 10.6 Å². The van der Waals surface area contributed by atoms with Gasteiger partial charge in [-0.05, 0) is 53.1 Å². The van der Waals surface area contributed by atoms with E-state index in [0.29, 0.717) is 57.8 Å². The first kappa shape index (κ1) is 29.9. The van der Waals surface area contributed by atoms with Crippen LogP contribution in [0.1, 0.15) is 16.7 Å². The molecule has 216 valence electrons. The van der Waals surface area contributed by atoms with Crippen LogP contribution >= 0.6 is 34.8 Å². The minimum atomic E-state index is -0.715. The molecule has 5 rings (SSSR count). The van der Waals surface area contributed by atoms with Crippen LogP contribution in [-0.4, -0.2) is 26.5 Å². The molecule has 1 atom stereocenters. The lowest BCUT2D eigenvalue weighted by atomic mass is 10.0. The Morgan fingerprint density at radius 2 is 1.60 bits per heavy atom. The number of hydrogen-bond acceptors (Lipinski definition) is 5. The molecule has 2 aromatic heterocycles. The van der Waals surface area contributed by atoms with E-state index < -0.39 is 6.04 Å². The molecule has 0 aliphatic rings. The highest BCUT2D eigenvalue weighted by molar-refractivity contribution is 6.42. The maximum atomic E-state index is 13.6. The fourth-order valence-corrected chi connectivity index (χ4v) is 4.86. The van der Waals surface area contributed by atoms with Crippen molar-refractivity contribution >= 4 is 58.2 Å². The molecule has 0 fully saturated rings. The summed E-state index contributed by atoms with van der Waals surface area (Å²) in [5.41, 5.74) is 3.20. The molecule has 1 unspecified atom stereocenters. The number of nitrogens with zero attached hydrogens (tertiary/aromatic N) is 4. The van der Waals surface area contributed by atoms with E-state index >= 15 is 0 Å². The molecule has 3 N–H and O–H groups in total. The highest BCUT2D eigenvalue weighted by Gasteiger charge is 2.21. The minimum absolute atomic E-state index is 0.241. The van der Waals surface area contributed by atoms with Crippen molar-refractivity contribution < 1.29 is 4.79 Å². The normalized spacial score (nSPS) is 11.4. The Morgan fingerprint density at radius 3 is 2.33 bits per heavy atom. The number of carbonyl (C=O) groups excluding carboxylic acids is 1. The molecule has 2 heterocycles. The molecule has 0 aliphatic heterocycles. The van der Waals surface area contributed by atoms with Gasteiger partial charge in [-0.2, -0.15) is 9.97 Å². The number of carbonyl (C=O) groups is 1. The maximum Gasteiger partial charge on any atom is 0.243 e. The number of halogens is 3. The summed E-state index contributed by atoms with van der Waals surface area (Å²) in [6.45, 7) is 7.89. The summed E-state index contributed by atoms with van der Waals surface area (Å²) in [7, 11) is 0. The van der Waals surface area contributed by atoms with Crippen LogP contribution in [0.4, 0.5) is 17.5 Å². The smallest absolute Gasteiger partial charge is 0.243 e. The molecule has 5 aromatic rings. The molecular formula is C32H26Cl3N7O. The summed E-state index contributed by atoms with van der Waals surface area (Å²) in [6.07, 6.45) is 4.08. The van der Waals surface area contributed by atoms with Crippen LogP contribution in [0.25, 0.3) is 10.7 Å². The van der Waals surface area contributed by atoms with Gasteiger partial charge >= 0.3 is 0 Å². The van der Waals surface area contributed by atoms with Crippen LogP contribution in [0.3, 0.4) is 0 Å². The van der Waals surface area contributed by atoms with Crippen LogP contribution in [0.5, 0.6) is 0 Å². The van der Waals surface area contributed by atoms with E-state index in [-0.39, 0.29) is 5.91 Å². The summed E-state index contributed by atoms with van der Waals surface area (Å²) < 4.78 is 1.86.